The second kappa shape index (κ2) is 9.47. The number of benzene rings is 2. The summed E-state index contributed by atoms with van der Waals surface area (Å²) in [5, 5.41) is 5.40. The third-order valence-corrected chi connectivity index (χ3v) is 4.01. The highest BCUT2D eigenvalue weighted by Gasteiger charge is 2.17. The first-order valence-electron chi connectivity index (χ1n) is 8.50. The van der Waals surface area contributed by atoms with E-state index in [0.717, 1.165) is 17.7 Å². The lowest BCUT2D eigenvalue weighted by Gasteiger charge is -2.14. The van der Waals surface area contributed by atoms with Gasteiger partial charge in [0.1, 0.15) is 0 Å². The Hall–Kier alpha value is -3.22. The summed E-state index contributed by atoms with van der Waals surface area (Å²) in [4.78, 5) is 24.6. The van der Waals surface area contributed by atoms with Gasteiger partial charge in [-0.25, -0.2) is 0 Å². The first-order valence-corrected chi connectivity index (χ1v) is 8.50. The smallest absolute Gasteiger partial charge is 0.251 e. The van der Waals surface area contributed by atoms with Crippen LogP contribution in [0.25, 0.3) is 0 Å². The van der Waals surface area contributed by atoms with E-state index >= 15 is 0 Å². The zero-order valence-electron chi connectivity index (χ0n) is 15.9. The van der Waals surface area contributed by atoms with E-state index in [9.17, 15) is 9.59 Å². The van der Waals surface area contributed by atoms with E-state index in [-0.39, 0.29) is 12.5 Å². The summed E-state index contributed by atoms with van der Waals surface area (Å²) in [5.41, 5.74) is 2.07. The van der Waals surface area contributed by atoms with Crippen molar-refractivity contribution >= 4 is 17.5 Å². The zero-order valence-corrected chi connectivity index (χ0v) is 15.9. The Morgan fingerprint density at radius 3 is 2.15 bits per heavy atom. The Labute approximate surface area is 158 Å². The van der Waals surface area contributed by atoms with E-state index in [4.69, 9.17) is 14.2 Å². The molecule has 0 unspecified atom stereocenters. The van der Waals surface area contributed by atoms with Gasteiger partial charge in [0.25, 0.3) is 5.91 Å². The molecule has 0 aliphatic carbocycles. The Kier molecular flexibility index (Phi) is 7.05. The Balaban J connectivity index is 2.06. The molecule has 0 aliphatic rings. The number of ether oxygens (including phenoxy) is 3. The van der Waals surface area contributed by atoms with Crippen molar-refractivity contribution < 1.29 is 23.8 Å². The quantitative estimate of drug-likeness (QED) is 0.744. The second-order valence-electron chi connectivity index (χ2n) is 5.66. The molecule has 0 saturated heterocycles. The highest BCUT2D eigenvalue weighted by molar-refractivity contribution is 6.00. The molecule has 144 valence electrons. The molecule has 0 saturated carbocycles. The Morgan fingerprint density at radius 1 is 0.963 bits per heavy atom. The highest BCUT2D eigenvalue weighted by atomic mass is 16.5. The first-order chi connectivity index (χ1) is 13.0. The van der Waals surface area contributed by atoms with Gasteiger partial charge in [-0.2, -0.15) is 0 Å². The van der Waals surface area contributed by atoms with Crippen molar-refractivity contribution in [1.29, 1.82) is 0 Å². The molecule has 7 nitrogen and oxygen atoms in total. The lowest BCUT2D eigenvalue weighted by molar-refractivity contribution is -0.115. The summed E-state index contributed by atoms with van der Waals surface area (Å²) in [6, 6.07) is 10.6. The van der Waals surface area contributed by atoms with Gasteiger partial charge in [0.15, 0.2) is 11.5 Å². The number of hydrogen-bond acceptors (Lipinski definition) is 5. The number of carbonyl (C=O) groups excluding carboxylic acids is 2. The second-order valence-corrected chi connectivity index (χ2v) is 5.66. The van der Waals surface area contributed by atoms with Crippen LogP contribution in [0.4, 0.5) is 5.69 Å². The average Bonchev–Trinajstić information content (AvgIpc) is 2.71. The third-order valence-electron chi connectivity index (χ3n) is 4.01. The van der Waals surface area contributed by atoms with Crippen molar-refractivity contribution in [1.82, 2.24) is 5.32 Å². The first kappa shape index (κ1) is 20.1. The number of para-hydroxylation sites is 1. The molecule has 2 N–H and O–H groups in total. The number of methoxy groups -OCH3 is 3. The summed E-state index contributed by atoms with van der Waals surface area (Å²) in [7, 11) is 4.42. The van der Waals surface area contributed by atoms with Crippen LogP contribution in [0.2, 0.25) is 0 Å². The molecule has 0 aliphatic heterocycles. The van der Waals surface area contributed by atoms with Crippen LogP contribution >= 0.6 is 0 Å². The Bertz CT molecular complexity index is 795. The summed E-state index contributed by atoms with van der Waals surface area (Å²) in [6.07, 6.45) is 0.800. The zero-order chi connectivity index (χ0) is 19.8. The van der Waals surface area contributed by atoms with Crippen molar-refractivity contribution in [3.05, 3.63) is 47.5 Å². The number of anilines is 1. The number of hydrogen-bond donors (Lipinski definition) is 2. The van der Waals surface area contributed by atoms with E-state index in [1.165, 1.54) is 33.5 Å². The van der Waals surface area contributed by atoms with Crippen molar-refractivity contribution in [2.24, 2.45) is 0 Å². The highest BCUT2D eigenvalue weighted by Crippen LogP contribution is 2.38. The summed E-state index contributed by atoms with van der Waals surface area (Å²) in [5.74, 6) is 0.391. The minimum atomic E-state index is -0.423. The van der Waals surface area contributed by atoms with E-state index in [1.807, 2.05) is 31.2 Å². The average molecular weight is 372 g/mol. The molecule has 7 heteroatoms. The summed E-state index contributed by atoms with van der Waals surface area (Å²) >= 11 is 0. The molecule has 0 radical (unpaired) electrons. The molecule has 2 aromatic carbocycles. The molecular formula is C20H24N2O5. The van der Waals surface area contributed by atoms with Crippen LogP contribution in [0.1, 0.15) is 22.8 Å². The molecule has 0 atom stereocenters. The Morgan fingerprint density at radius 2 is 1.59 bits per heavy atom. The van der Waals surface area contributed by atoms with Crippen LogP contribution in [0, 0.1) is 0 Å². The van der Waals surface area contributed by atoms with Crippen LogP contribution in [-0.4, -0.2) is 39.7 Å². The summed E-state index contributed by atoms with van der Waals surface area (Å²) < 4.78 is 15.7. The minimum absolute atomic E-state index is 0.159. The van der Waals surface area contributed by atoms with E-state index in [0.29, 0.717) is 22.8 Å². The predicted octanol–water partition coefficient (Wildman–Crippen LogP) is 2.64. The third kappa shape index (κ3) is 4.91. The van der Waals surface area contributed by atoms with E-state index in [2.05, 4.69) is 10.6 Å². The fraction of sp³-hybridized carbons (Fsp3) is 0.300. The fourth-order valence-corrected chi connectivity index (χ4v) is 2.62. The maximum atomic E-state index is 12.4. The number of nitrogens with one attached hydrogen (secondary N) is 2. The van der Waals surface area contributed by atoms with Gasteiger partial charge >= 0.3 is 0 Å². The molecule has 2 amide bonds. The predicted molar refractivity (Wildman–Crippen MR) is 103 cm³/mol. The van der Waals surface area contributed by atoms with E-state index in [1.54, 1.807) is 0 Å². The monoisotopic (exact) mass is 372 g/mol. The molecule has 2 aromatic rings. The van der Waals surface area contributed by atoms with Crippen molar-refractivity contribution in [2.45, 2.75) is 13.3 Å². The molecule has 0 spiro atoms. The van der Waals surface area contributed by atoms with Crippen molar-refractivity contribution in [3.8, 4) is 17.2 Å². The van der Waals surface area contributed by atoms with Gasteiger partial charge in [-0.1, -0.05) is 25.1 Å². The SMILES string of the molecule is CCc1ccccc1NC(=O)CNC(=O)c1cc(OC)c(OC)c(OC)c1. The number of aryl methyl sites for hydroxylation is 1. The molecule has 27 heavy (non-hydrogen) atoms. The van der Waals surface area contributed by atoms with Gasteiger partial charge in [0, 0.05) is 11.3 Å². The largest absolute Gasteiger partial charge is 0.493 e. The van der Waals surface area contributed by atoms with Crippen LogP contribution in [0.5, 0.6) is 17.2 Å². The topological polar surface area (TPSA) is 85.9 Å². The maximum Gasteiger partial charge on any atom is 0.251 e. The van der Waals surface area contributed by atoms with Gasteiger partial charge < -0.3 is 24.8 Å². The molecule has 2 rings (SSSR count). The molecule has 0 bridgehead atoms. The lowest BCUT2D eigenvalue weighted by Crippen LogP contribution is -2.33. The molecule has 0 heterocycles. The minimum Gasteiger partial charge on any atom is -0.493 e. The fourth-order valence-electron chi connectivity index (χ4n) is 2.62. The number of amides is 2. The van der Waals surface area contributed by atoms with Crippen molar-refractivity contribution in [2.75, 3.05) is 33.2 Å². The van der Waals surface area contributed by atoms with Gasteiger partial charge in [-0.05, 0) is 30.2 Å². The van der Waals surface area contributed by atoms with Crippen LogP contribution < -0.4 is 24.8 Å². The number of rotatable bonds is 8. The van der Waals surface area contributed by atoms with Crippen molar-refractivity contribution in [3.63, 3.8) is 0 Å². The van der Waals surface area contributed by atoms with Gasteiger partial charge in [-0.3, -0.25) is 9.59 Å². The van der Waals surface area contributed by atoms with Crippen LogP contribution in [0.15, 0.2) is 36.4 Å². The normalized spacial score (nSPS) is 10.1. The molecular weight excluding hydrogens is 348 g/mol. The van der Waals surface area contributed by atoms with Gasteiger partial charge in [0.2, 0.25) is 11.7 Å². The lowest BCUT2D eigenvalue weighted by atomic mass is 10.1. The molecule has 0 fully saturated rings. The summed E-state index contributed by atoms with van der Waals surface area (Å²) in [6.45, 7) is 1.85. The van der Waals surface area contributed by atoms with Gasteiger partial charge in [-0.15, -0.1) is 0 Å². The number of carbonyl (C=O) groups is 2. The standard InChI is InChI=1S/C20H24N2O5/c1-5-13-8-6-7-9-15(13)22-18(23)12-21-20(24)14-10-16(25-2)19(27-4)17(11-14)26-3/h6-11H,5,12H2,1-4H3,(H,21,24)(H,22,23). The molecule has 0 aromatic heterocycles. The van der Waals surface area contributed by atoms with E-state index < -0.39 is 5.91 Å². The van der Waals surface area contributed by atoms with Gasteiger partial charge in [0.05, 0.1) is 27.9 Å². The maximum absolute atomic E-state index is 12.4. The van der Waals surface area contributed by atoms with Crippen LogP contribution in [-0.2, 0) is 11.2 Å². The van der Waals surface area contributed by atoms with Crippen LogP contribution in [0.3, 0.4) is 0 Å².